The number of hydrogen-bond acceptors (Lipinski definition) is 8. The second kappa shape index (κ2) is 11.4. The SMILES string of the molecule is CNC(C)C(=O)NC(C(=O)N1CCCC1Cn1nnnc1Sc1ccccc1)C(C)OC. The molecule has 0 aliphatic carbocycles. The van der Waals surface area contributed by atoms with Crippen molar-refractivity contribution in [3.05, 3.63) is 30.3 Å². The number of likely N-dealkylation sites (N-methyl/N-ethyl adjacent to an activating group) is 1. The molecule has 32 heavy (non-hydrogen) atoms. The van der Waals surface area contributed by atoms with Crippen molar-refractivity contribution >= 4 is 23.6 Å². The Morgan fingerprint density at radius 1 is 1.28 bits per heavy atom. The van der Waals surface area contributed by atoms with E-state index in [-0.39, 0.29) is 17.9 Å². The van der Waals surface area contributed by atoms with Gasteiger partial charge in [-0.1, -0.05) is 18.2 Å². The maximum atomic E-state index is 13.5. The van der Waals surface area contributed by atoms with Gasteiger partial charge >= 0.3 is 0 Å². The summed E-state index contributed by atoms with van der Waals surface area (Å²) in [6.07, 6.45) is 1.26. The molecule has 10 nitrogen and oxygen atoms in total. The minimum Gasteiger partial charge on any atom is -0.379 e. The highest BCUT2D eigenvalue weighted by atomic mass is 32.2. The van der Waals surface area contributed by atoms with Gasteiger partial charge in [0.1, 0.15) is 6.04 Å². The van der Waals surface area contributed by atoms with Gasteiger partial charge < -0.3 is 20.3 Å². The topological polar surface area (TPSA) is 114 Å². The van der Waals surface area contributed by atoms with E-state index in [1.165, 1.54) is 18.9 Å². The number of nitrogens with zero attached hydrogens (tertiary/aromatic N) is 5. The summed E-state index contributed by atoms with van der Waals surface area (Å²) < 4.78 is 7.15. The lowest BCUT2D eigenvalue weighted by atomic mass is 10.1. The van der Waals surface area contributed by atoms with Crippen LogP contribution in [-0.4, -0.2) is 81.9 Å². The van der Waals surface area contributed by atoms with Crippen molar-refractivity contribution in [2.45, 2.75) is 67.5 Å². The second-order valence-corrected chi connectivity index (χ2v) is 8.86. The fourth-order valence-electron chi connectivity index (χ4n) is 3.60. The van der Waals surface area contributed by atoms with Crippen molar-refractivity contribution in [2.75, 3.05) is 20.7 Å². The van der Waals surface area contributed by atoms with E-state index in [1.54, 1.807) is 25.6 Å². The predicted molar refractivity (Wildman–Crippen MR) is 120 cm³/mol. The summed E-state index contributed by atoms with van der Waals surface area (Å²) in [6, 6.07) is 8.65. The Hall–Kier alpha value is -2.50. The van der Waals surface area contributed by atoms with Crippen LogP contribution in [0.15, 0.2) is 40.4 Å². The third-order valence-electron chi connectivity index (χ3n) is 5.73. The molecule has 2 heterocycles. The molecule has 174 valence electrons. The molecule has 1 aliphatic rings. The summed E-state index contributed by atoms with van der Waals surface area (Å²) in [6.45, 7) is 4.64. The van der Waals surface area contributed by atoms with Gasteiger partial charge in [0.15, 0.2) is 0 Å². The zero-order valence-electron chi connectivity index (χ0n) is 18.9. The molecule has 2 amide bonds. The number of rotatable bonds is 10. The van der Waals surface area contributed by atoms with E-state index in [9.17, 15) is 9.59 Å². The minimum atomic E-state index is -0.768. The zero-order valence-corrected chi connectivity index (χ0v) is 19.7. The molecular weight excluding hydrogens is 430 g/mol. The normalized spacial score (nSPS) is 18.9. The highest BCUT2D eigenvalue weighted by molar-refractivity contribution is 7.99. The maximum Gasteiger partial charge on any atom is 0.248 e. The van der Waals surface area contributed by atoms with E-state index in [0.29, 0.717) is 18.2 Å². The second-order valence-electron chi connectivity index (χ2n) is 7.82. The third-order valence-corrected chi connectivity index (χ3v) is 6.71. The average Bonchev–Trinajstić information content (AvgIpc) is 3.46. The maximum absolute atomic E-state index is 13.5. The summed E-state index contributed by atoms with van der Waals surface area (Å²) in [7, 11) is 3.24. The van der Waals surface area contributed by atoms with Crippen LogP contribution < -0.4 is 10.6 Å². The van der Waals surface area contributed by atoms with Crippen molar-refractivity contribution in [3.63, 3.8) is 0 Å². The lowest BCUT2D eigenvalue weighted by molar-refractivity contribution is -0.141. The summed E-state index contributed by atoms with van der Waals surface area (Å²) in [5, 5.41) is 18.5. The first-order valence-corrected chi connectivity index (χ1v) is 11.6. The number of aromatic nitrogens is 4. The molecule has 3 rings (SSSR count). The number of ether oxygens (including phenoxy) is 1. The van der Waals surface area contributed by atoms with Gasteiger partial charge in [0.2, 0.25) is 17.0 Å². The first kappa shape index (κ1) is 24.1. The van der Waals surface area contributed by atoms with Gasteiger partial charge in [-0.3, -0.25) is 9.59 Å². The van der Waals surface area contributed by atoms with Crippen LogP contribution in [0.4, 0.5) is 0 Å². The van der Waals surface area contributed by atoms with Crippen LogP contribution in [0.5, 0.6) is 0 Å². The van der Waals surface area contributed by atoms with Crippen molar-refractivity contribution in [1.29, 1.82) is 0 Å². The summed E-state index contributed by atoms with van der Waals surface area (Å²) >= 11 is 1.48. The molecular formula is C21H31N7O3S. The first-order chi connectivity index (χ1) is 15.4. The smallest absolute Gasteiger partial charge is 0.248 e. The lowest BCUT2D eigenvalue weighted by Crippen LogP contribution is -2.58. The van der Waals surface area contributed by atoms with Crippen LogP contribution in [0.2, 0.25) is 0 Å². The molecule has 0 bridgehead atoms. The Morgan fingerprint density at radius 3 is 2.72 bits per heavy atom. The lowest BCUT2D eigenvalue weighted by Gasteiger charge is -2.32. The molecule has 1 aliphatic heterocycles. The van der Waals surface area contributed by atoms with Crippen LogP contribution in [0.25, 0.3) is 0 Å². The van der Waals surface area contributed by atoms with Gasteiger partial charge in [-0.05, 0) is 68.1 Å². The molecule has 0 saturated carbocycles. The Labute approximate surface area is 192 Å². The monoisotopic (exact) mass is 461 g/mol. The summed E-state index contributed by atoms with van der Waals surface area (Å²) in [4.78, 5) is 28.8. The Balaban J connectivity index is 1.72. The molecule has 4 atom stereocenters. The number of carbonyl (C=O) groups excluding carboxylic acids is 2. The number of carbonyl (C=O) groups is 2. The number of methoxy groups -OCH3 is 1. The van der Waals surface area contributed by atoms with Crippen molar-refractivity contribution in [3.8, 4) is 0 Å². The largest absolute Gasteiger partial charge is 0.379 e. The van der Waals surface area contributed by atoms with E-state index < -0.39 is 18.2 Å². The highest BCUT2D eigenvalue weighted by Crippen LogP contribution is 2.27. The van der Waals surface area contributed by atoms with Crippen LogP contribution in [0, 0.1) is 0 Å². The highest BCUT2D eigenvalue weighted by Gasteiger charge is 2.37. The predicted octanol–water partition coefficient (Wildman–Crippen LogP) is 0.943. The first-order valence-electron chi connectivity index (χ1n) is 10.7. The van der Waals surface area contributed by atoms with E-state index in [0.717, 1.165) is 17.7 Å². The number of amides is 2. The molecule has 1 aromatic heterocycles. The number of nitrogens with one attached hydrogen (secondary N) is 2. The zero-order chi connectivity index (χ0) is 23.1. The van der Waals surface area contributed by atoms with Crippen LogP contribution in [-0.2, 0) is 20.9 Å². The molecule has 11 heteroatoms. The number of tetrazole rings is 1. The van der Waals surface area contributed by atoms with Crippen LogP contribution >= 0.6 is 11.8 Å². The molecule has 1 saturated heterocycles. The summed E-state index contributed by atoms with van der Waals surface area (Å²) in [5.74, 6) is -0.392. The summed E-state index contributed by atoms with van der Waals surface area (Å²) in [5.41, 5.74) is 0. The number of benzene rings is 1. The Morgan fingerprint density at radius 2 is 2.03 bits per heavy atom. The third kappa shape index (κ3) is 5.84. The Bertz CT molecular complexity index is 895. The van der Waals surface area contributed by atoms with Gasteiger partial charge in [-0.25, -0.2) is 4.68 Å². The van der Waals surface area contributed by atoms with Gasteiger partial charge in [-0.15, -0.1) is 5.10 Å². The average molecular weight is 462 g/mol. The van der Waals surface area contributed by atoms with E-state index in [2.05, 4.69) is 26.2 Å². The van der Waals surface area contributed by atoms with Crippen molar-refractivity contribution in [1.82, 2.24) is 35.7 Å². The molecule has 4 unspecified atom stereocenters. The number of likely N-dealkylation sites (tertiary alicyclic amines) is 1. The minimum absolute atomic E-state index is 0.0636. The molecule has 2 N–H and O–H groups in total. The molecule has 1 fully saturated rings. The van der Waals surface area contributed by atoms with Gasteiger partial charge in [0, 0.05) is 18.6 Å². The van der Waals surface area contributed by atoms with Crippen molar-refractivity contribution < 1.29 is 14.3 Å². The molecule has 0 radical (unpaired) electrons. The van der Waals surface area contributed by atoms with E-state index >= 15 is 0 Å². The quantitative estimate of drug-likeness (QED) is 0.537. The fraction of sp³-hybridized carbons (Fsp3) is 0.571. The van der Waals surface area contributed by atoms with Crippen molar-refractivity contribution in [2.24, 2.45) is 0 Å². The fourth-order valence-corrected chi connectivity index (χ4v) is 4.40. The molecule has 2 aromatic rings. The Kier molecular flexibility index (Phi) is 8.60. The van der Waals surface area contributed by atoms with Gasteiger partial charge in [-0.2, -0.15) is 0 Å². The van der Waals surface area contributed by atoms with E-state index in [4.69, 9.17) is 4.74 Å². The standard InChI is InChI=1S/C21H31N7O3S/c1-14(22-3)19(29)23-18(15(2)31-4)20(30)27-12-8-9-16(27)13-28-21(24-25-26-28)32-17-10-6-5-7-11-17/h5-7,10-11,14-16,18,22H,8-9,12-13H2,1-4H3,(H,23,29). The molecule has 0 spiro atoms. The van der Waals surface area contributed by atoms with Crippen LogP contribution in [0.3, 0.4) is 0 Å². The molecule has 1 aromatic carbocycles. The van der Waals surface area contributed by atoms with Crippen LogP contribution in [0.1, 0.15) is 26.7 Å². The number of hydrogen-bond donors (Lipinski definition) is 2. The van der Waals surface area contributed by atoms with Gasteiger partial charge in [0.05, 0.1) is 24.7 Å². The van der Waals surface area contributed by atoms with E-state index in [1.807, 2.05) is 35.2 Å². The van der Waals surface area contributed by atoms with Gasteiger partial charge in [0.25, 0.3) is 0 Å².